The molecule has 1 fully saturated rings. The van der Waals surface area contributed by atoms with Crippen molar-refractivity contribution in [1.29, 1.82) is 5.26 Å². The van der Waals surface area contributed by atoms with Gasteiger partial charge in [0.2, 0.25) is 0 Å². The predicted molar refractivity (Wildman–Crippen MR) is 57.0 cm³/mol. The third-order valence-electron chi connectivity index (χ3n) is 2.59. The van der Waals surface area contributed by atoms with Crippen molar-refractivity contribution in [2.75, 3.05) is 19.7 Å². The van der Waals surface area contributed by atoms with Gasteiger partial charge in [-0.1, -0.05) is 12.1 Å². The first kappa shape index (κ1) is 11.1. The molecule has 16 heavy (non-hydrogen) atoms. The van der Waals surface area contributed by atoms with Crippen molar-refractivity contribution in [1.82, 2.24) is 4.90 Å². The lowest BCUT2D eigenvalue weighted by Crippen LogP contribution is -2.41. The van der Waals surface area contributed by atoms with Crippen LogP contribution in [0, 0.1) is 17.1 Å². The van der Waals surface area contributed by atoms with Gasteiger partial charge < -0.3 is 4.74 Å². The van der Waals surface area contributed by atoms with Crippen molar-refractivity contribution < 1.29 is 9.13 Å². The Morgan fingerprint density at radius 1 is 1.56 bits per heavy atom. The molecule has 1 aliphatic rings. The lowest BCUT2D eigenvalue weighted by molar-refractivity contribution is -0.00271. The molecule has 1 atom stereocenters. The van der Waals surface area contributed by atoms with Crippen molar-refractivity contribution in [2.45, 2.75) is 12.6 Å². The van der Waals surface area contributed by atoms with E-state index in [1.165, 1.54) is 12.1 Å². The molecule has 0 spiro atoms. The van der Waals surface area contributed by atoms with Crippen LogP contribution in [0.1, 0.15) is 5.56 Å². The minimum atomic E-state index is -0.359. The highest BCUT2D eigenvalue weighted by atomic mass is 19.1. The van der Waals surface area contributed by atoms with Gasteiger partial charge in [0, 0.05) is 19.6 Å². The van der Waals surface area contributed by atoms with Crippen LogP contribution in [0.4, 0.5) is 4.39 Å². The fourth-order valence-electron chi connectivity index (χ4n) is 1.82. The fraction of sp³-hybridized carbons (Fsp3) is 0.417. The van der Waals surface area contributed by atoms with Crippen LogP contribution in [-0.4, -0.2) is 30.7 Å². The van der Waals surface area contributed by atoms with E-state index in [0.717, 1.165) is 12.1 Å². The van der Waals surface area contributed by atoms with Crippen LogP contribution in [0.5, 0.6) is 0 Å². The lowest BCUT2D eigenvalue weighted by atomic mass is 10.2. The quantitative estimate of drug-likeness (QED) is 0.758. The van der Waals surface area contributed by atoms with Gasteiger partial charge in [0.15, 0.2) is 6.10 Å². The van der Waals surface area contributed by atoms with Gasteiger partial charge in [-0.3, -0.25) is 4.90 Å². The number of hydrogen-bond donors (Lipinski definition) is 0. The van der Waals surface area contributed by atoms with E-state index in [1.54, 1.807) is 6.07 Å². The third kappa shape index (κ3) is 2.78. The molecule has 1 aromatic carbocycles. The summed E-state index contributed by atoms with van der Waals surface area (Å²) in [5.74, 6) is -0.220. The zero-order valence-corrected chi connectivity index (χ0v) is 8.90. The second kappa shape index (κ2) is 5.06. The highest BCUT2D eigenvalue weighted by Crippen LogP contribution is 2.11. The van der Waals surface area contributed by atoms with Gasteiger partial charge >= 0.3 is 0 Å². The van der Waals surface area contributed by atoms with E-state index in [0.29, 0.717) is 19.7 Å². The zero-order chi connectivity index (χ0) is 11.4. The summed E-state index contributed by atoms with van der Waals surface area (Å²) in [7, 11) is 0. The minimum Gasteiger partial charge on any atom is -0.361 e. The van der Waals surface area contributed by atoms with Gasteiger partial charge in [0.25, 0.3) is 0 Å². The molecule has 0 aliphatic carbocycles. The Morgan fingerprint density at radius 3 is 3.19 bits per heavy atom. The maximum absolute atomic E-state index is 13.0. The number of halogens is 1. The molecule has 0 aromatic heterocycles. The van der Waals surface area contributed by atoms with Gasteiger partial charge in [-0.15, -0.1) is 0 Å². The largest absolute Gasteiger partial charge is 0.361 e. The van der Waals surface area contributed by atoms with E-state index in [2.05, 4.69) is 11.0 Å². The highest BCUT2D eigenvalue weighted by Gasteiger charge is 2.19. The standard InChI is InChI=1S/C12H13FN2O/c13-11-3-1-2-10(6-11)8-15-4-5-16-12(7-14)9-15/h1-3,6,12H,4-5,8-9H2/t12-/m1/s1. The van der Waals surface area contributed by atoms with Gasteiger partial charge in [-0.25, -0.2) is 4.39 Å². The first-order chi connectivity index (χ1) is 7.78. The summed E-state index contributed by atoms with van der Waals surface area (Å²) in [5.41, 5.74) is 0.929. The Bertz CT molecular complexity index is 402. The molecular weight excluding hydrogens is 207 g/mol. The summed E-state index contributed by atoms with van der Waals surface area (Å²) in [6, 6.07) is 8.64. The molecule has 2 rings (SSSR count). The average molecular weight is 220 g/mol. The van der Waals surface area contributed by atoms with Crippen LogP contribution in [0.2, 0.25) is 0 Å². The Labute approximate surface area is 94.0 Å². The van der Waals surface area contributed by atoms with Crippen LogP contribution in [0.25, 0.3) is 0 Å². The summed E-state index contributed by atoms with van der Waals surface area (Å²) >= 11 is 0. The maximum atomic E-state index is 13.0. The number of nitrogens with zero attached hydrogens (tertiary/aromatic N) is 2. The van der Waals surface area contributed by atoms with Gasteiger partial charge in [0.05, 0.1) is 12.7 Å². The highest BCUT2D eigenvalue weighted by molar-refractivity contribution is 5.16. The molecule has 84 valence electrons. The molecule has 4 heteroatoms. The lowest BCUT2D eigenvalue weighted by Gasteiger charge is -2.29. The second-order valence-electron chi connectivity index (χ2n) is 3.85. The van der Waals surface area contributed by atoms with Crippen LogP contribution >= 0.6 is 0 Å². The van der Waals surface area contributed by atoms with Crippen molar-refractivity contribution >= 4 is 0 Å². The van der Waals surface area contributed by atoms with Gasteiger partial charge in [-0.2, -0.15) is 5.26 Å². The fourth-order valence-corrected chi connectivity index (χ4v) is 1.82. The van der Waals surface area contributed by atoms with Gasteiger partial charge in [-0.05, 0) is 17.7 Å². The number of rotatable bonds is 2. The molecule has 1 aliphatic heterocycles. The van der Waals surface area contributed by atoms with E-state index in [9.17, 15) is 4.39 Å². The molecule has 1 aromatic rings. The number of ether oxygens (including phenoxy) is 1. The van der Waals surface area contributed by atoms with Crippen LogP contribution in [0.3, 0.4) is 0 Å². The molecule has 1 heterocycles. The van der Waals surface area contributed by atoms with E-state index in [4.69, 9.17) is 10.00 Å². The van der Waals surface area contributed by atoms with Crippen LogP contribution < -0.4 is 0 Å². The van der Waals surface area contributed by atoms with Crippen molar-refractivity contribution in [3.05, 3.63) is 35.6 Å². The Balaban J connectivity index is 1.97. The Morgan fingerprint density at radius 2 is 2.44 bits per heavy atom. The molecule has 1 saturated heterocycles. The summed E-state index contributed by atoms with van der Waals surface area (Å²) in [6.07, 6.45) is -0.359. The topological polar surface area (TPSA) is 36.3 Å². The smallest absolute Gasteiger partial charge is 0.156 e. The normalized spacial score (nSPS) is 21.6. The summed E-state index contributed by atoms with van der Waals surface area (Å²) in [5, 5.41) is 8.76. The number of morpholine rings is 1. The average Bonchev–Trinajstić information content (AvgIpc) is 2.29. The monoisotopic (exact) mass is 220 g/mol. The van der Waals surface area contributed by atoms with Crippen LogP contribution in [0.15, 0.2) is 24.3 Å². The summed E-state index contributed by atoms with van der Waals surface area (Å²) in [4.78, 5) is 2.10. The molecule has 0 amide bonds. The molecule has 0 radical (unpaired) electrons. The van der Waals surface area contributed by atoms with Gasteiger partial charge in [0.1, 0.15) is 5.82 Å². The SMILES string of the molecule is N#C[C@@H]1CN(Cc2cccc(F)c2)CCO1. The van der Waals surface area contributed by atoms with Crippen LogP contribution in [-0.2, 0) is 11.3 Å². The molecule has 0 saturated carbocycles. The molecular formula is C12H13FN2O. The Hall–Kier alpha value is -1.44. The maximum Gasteiger partial charge on any atom is 0.156 e. The molecule has 0 bridgehead atoms. The number of nitriles is 1. The second-order valence-corrected chi connectivity index (χ2v) is 3.85. The summed E-state index contributed by atoms with van der Waals surface area (Å²) in [6.45, 7) is 2.61. The van der Waals surface area contributed by atoms with Crippen molar-refractivity contribution in [3.63, 3.8) is 0 Å². The van der Waals surface area contributed by atoms with E-state index >= 15 is 0 Å². The van der Waals surface area contributed by atoms with E-state index in [1.807, 2.05) is 6.07 Å². The van der Waals surface area contributed by atoms with Crippen molar-refractivity contribution in [2.24, 2.45) is 0 Å². The zero-order valence-electron chi connectivity index (χ0n) is 8.90. The molecule has 0 unspecified atom stereocenters. The summed E-state index contributed by atoms with van der Waals surface area (Å²) < 4.78 is 18.2. The molecule has 3 nitrogen and oxygen atoms in total. The third-order valence-corrected chi connectivity index (χ3v) is 2.59. The van der Waals surface area contributed by atoms with E-state index in [-0.39, 0.29) is 11.9 Å². The number of benzene rings is 1. The van der Waals surface area contributed by atoms with Crippen molar-refractivity contribution in [3.8, 4) is 6.07 Å². The Kier molecular flexibility index (Phi) is 3.50. The first-order valence-electron chi connectivity index (χ1n) is 5.26. The molecule has 0 N–H and O–H groups in total. The minimum absolute atomic E-state index is 0.220. The predicted octanol–water partition coefficient (Wildman–Crippen LogP) is 1.55. The first-order valence-corrected chi connectivity index (χ1v) is 5.26. The number of hydrogen-bond acceptors (Lipinski definition) is 3. The van der Waals surface area contributed by atoms with E-state index < -0.39 is 0 Å².